The molecule has 1 amide bonds. The van der Waals surface area contributed by atoms with Crippen LogP contribution in [0.15, 0.2) is 18.2 Å². The summed E-state index contributed by atoms with van der Waals surface area (Å²) in [4.78, 5) is 25.0. The first-order chi connectivity index (χ1) is 10.7. The van der Waals surface area contributed by atoms with Crippen LogP contribution in [0.1, 0.15) is 31.1 Å². The summed E-state index contributed by atoms with van der Waals surface area (Å²) < 4.78 is 15.7. The minimum absolute atomic E-state index is 0.142. The topological polar surface area (TPSA) is 91.1 Å². The fraction of sp³-hybridized carbons (Fsp3) is 0.500. The molecule has 23 heavy (non-hydrogen) atoms. The summed E-state index contributed by atoms with van der Waals surface area (Å²) >= 11 is 0. The van der Waals surface area contributed by atoms with Crippen LogP contribution in [0.5, 0.6) is 5.75 Å². The van der Waals surface area contributed by atoms with E-state index in [2.05, 4.69) is 4.74 Å². The second kappa shape index (κ2) is 6.36. The van der Waals surface area contributed by atoms with E-state index in [1.807, 2.05) is 20.8 Å². The molecule has 1 saturated heterocycles. The zero-order valence-corrected chi connectivity index (χ0v) is 13.8. The van der Waals surface area contributed by atoms with E-state index in [9.17, 15) is 9.59 Å². The van der Waals surface area contributed by atoms with Crippen molar-refractivity contribution in [2.75, 3.05) is 25.9 Å². The summed E-state index contributed by atoms with van der Waals surface area (Å²) in [6, 6.07) is 4.81. The van der Waals surface area contributed by atoms with E-state index in [1.165, 1.54) is 13.2 Å². The molecule has 0 radical (unpaired) electrons. The van der Waals surface area contributed by atoms with Gasteiger partial charge < -0.3 is 24.8 Å². The van der Waals surface area contributed by atoms with Gasteiger partial charge >= 0.3 is 12.1 Å². The molecule has 0 aromatic heterocycles. The number of nitrogen functional groups attached to an aromatic ring is 1. The van der Waals surface area contributed by atoms with Crippen LogP contribution in [0.4, 0.5) is 10.5 Å². The Labute approximate surface area is 135 Å². The first-order valence-electron chi connectivity index (χ1n) is 7.32. The number of esters is 1. The van der Waals surface area contributed by atoms with Gasteiger partial charge in [-0.25, -0.2) is 9.59 Å². The third-order valence-electron chi connectivity index (χ3n) is 3.23. The number of methoxy groups -OCH3 is 1. The number of likely N-dealkylation sites (tertiary alicyclic amines) is 1. The Hall–Kier alpha value is -2.44. The van der Waals surface area contributed by atoms with E-state index in [0.29, 0.717) is 24.5 Å². The van der Waals surface area contributed by atoms with Gasteiger partial charge in [-0.3, -0.25) is 0 Å². The number of amides is 1. The molecule has 7 nitrogen and oxygen atoms in total. The van der Waals surface area contributed by atoms with Crippen molar-refractivity contribution in [2.24, 2.45) is 0 Å². The lowest BCUT2D eigenvalue weighted by Gasteiger charge is -2.39. The van der Waals surface area contributed by atoms with Crippen LogP contribution >= 0.6 is 0 Å². The van der Waals surface area contributed by atoms with Crippen molar-refractivity contribution < 1.29 is 23.8 Å². The first kappa shape index (κ1) is 16.9. The SMILES string of the molecule is COC(=O)c1cc(OC2CN(C(=O)OC(C)(C)C)C2)ccc1N. The predicted molar refractivity (Wildman–Crippen MR) is 84.4 cm³/mol. The maximum atomic E-state index is 11.8. The van der Waals surface area contributed by atoms with E-state index in [0.717, 1.165) is 0 Å². The van der Waals surface area contributed by atoms with Crippen LogP contribution < -0.4 is 10.5 Å². The van der Waals surface area contributed by atoms with E-state index in [-0.39, 0.29) is 17.8 Å². The Morgan fingerprint density at radius 1 is 1.26 bits per heavy atom. The Morgan fingerprint density at radius 3 is 2.48 bits per heavy atom. The number of carbonyl (C=O) groups is 2. The zero-order chi connectivity index (χ0) is 17.2. The molecular weight excluding hydrogens is 300 g/mol. The molecule has 0 saturated carbocycles. The van der Waals surface area contributed by atoms with Crippen molar-refractivity contribution in [2.45, 2.75) is 32.5 Å². The van der Waals surface area contributed by atoms with Crippen LogP contribution in [-0.2, 0) is 9.47 Å². The Balaban J connectivity index is 1.91. The Kier molecular flexibility index (Phi) is 4.68. The van der Waals surface area contributed by atoms with Crippen molar-refractivity contribution in [1.82, 2.24) is 4.90 Å². The molecule has 1 aromatic carbocycles. The molecule has 1 heterocycles. The van der Waals surface area contributed by atoms with Crippen LogP contribution in [0.25, 0.3) is 0 Å². The highest BCUT2D eigenvalue weighted by Gasteiger charge is 2.35. The number of ether oxygens (including phenoxy) is 3. The molecule has 7 heteroatoms. The largest absolute Gasteiger partial charge is 0.487 e. The van der Waals surface area contributed by atoms with Crippen molar-refractivity contribution in [1.29, 1.82) is 0 Å². The van der Waals surface area contributed by atoms with Crippen LogP contribution in [-0.4, -0.2) is 48.9 Å². The molecule has 0 unspecified atom stereocenters. The quantitative estimate of drug-likeness (QED) is 0.676. The highest BCUT2D eigenvalue weighted by molar-refractivity contribution is 5.95. The van der Waals surface area contributed by atoms with Crippen molar-refractivity contribution in [3.63, 3.8) is 0 Å². The zero-order valence-electron chi connectivity index (χ0n) is 13.8. The molecule has 0 spiro atoms. The van der Waals surface area contributed by atoms with Gasteiger partial charge in [0, 0.05) is 5.69 Å². The summed E-state index contributed by atoms with van der Waals surface area (Å²) in [7, 11) is 1.29. The molecule has 126 valence electrons. The fourth-order valence-corrected chi connectivity index (χ4v) is 2.08. The second-order valence-electron chi connectivity index (χ2n) is 6.37. The Bertz CT molecular complexity index is 603. The number of hydrogen-bond donors (Lipinski definition) is 1. The number of nitrogens with two attached hydrogens (primary N) is 1. The van der Waals surface area contributed by atoms with E-state index >= 15 is 0 Å². The predicted octanol–water partition coefficient (Wildman–Crippen LogP) is 2.05. The van der Waals surface area contributed by atoms with Crippen LogP contribution in [0.3, 0.4) is 0 Å². The number of rotatable bonds is 3. The lowest BCUT2D eigenvalue weighted by molar-refractivity contribution is -0.0221. The first-order valence-corrected chi connectivity index (χ1v) is 7.32. The minimum Gasteiger partial charge on any atom is -0.487 e. The molecule has 0 bridgehead atoms. The van der Waals surface area contributed by atoms with E-state index in [4.69, 9.17) is 15.2 Å². The van der Waals surface area contributed by atoms with Crippen molar-refractivity contribution >= 4 is 17.7 Å². The third-order valence-corrected chi connectivity index (χ3v) is 3.23. The van der Waals surface area contributed by atoms with Crippen molar-refractivity contribution in [3.05, 3.63) is 23.8 Å². The van der Waals surface area contributed by atoms with Gasteiger partial charge in [0.25, 0.3) is 0 Å². The monoisotopic (exact) mass is 322 g/mol. The van der Waals surface area contributed by atoms with E-state index in [1.54, 1.807) is 17.0 Å². The molecule has 2 rings (SSSR count). The maximum Gasteiger partial charge on any atom is 0.410 e. The summed E-state index contributed by atoms with van der Waals surface area (Å²) in [5.74, 6) is -0.00891. The van der Waals surface area contributed by atoms with Crippen LogP contribution in [0.2, 0.25) is 0 Å². The molecular formula is C16H22N2O5. The number of benzene rings is 1. The average molecular weight is 322 g/mol. The molecule has 0 atom stereocenters. The lowest BCUT2D eigenvalue weighted by atomic mass is 10.1. The van der Waals surface area contributed by atoms with Gasteiger partial charge in [-0.15, -0.1) is 0 Å². The summed E-state index contributed by atoms with van der Waals surface area (Å²) in [6.45, 7) is 6.34. The summed E-state index contributed by atoms with van der Waals surface area (Å²) in [5.41, 5.74) is 5.80. The average Bonchev–Trinajstić information content (AvgIpc) is 2.41. The van der Waals surface area contributed by atoms with E-state index < -0.39 is 11.6 Å². The van der Waals surface area contributed by atoms with Gasteiger partial charge in [-0.05, 0) is 39.0 Å². The van der Waals surface area contributed by atoms with Crippen LogP contribution in [0, 0.1) is 0 Å². The molecule has 1 aliphatic rings. The van der Waals surface area contributed by atoms with Gasteiger partial charge in [0.1, 0.15) is 17.5 Å². The number of carbonyl (C=O) groups excluding carboxylic acids is 2. The number of nitrogens with zero attached hydrogens (tertiary/aromatic N) is 1. The second-order valence-corrected chi connectivity index (χ2v) is 6.37. The maximum absolute atomic E-state index is 11.8. The standard InChI is InChI=1S/C16H22N2O5/c1-16(2,3)23-15(20)18-8-11(9-18)22-10-5-6-13(17)12(7-10)14(19)21-4/h5-7,11H,8-9,17H2,1-4H3. The van der Waals surface area contributed by atoms with Gasteiger partial charge in [0.2, 0.25) is 0 Å². The molecule has 1 aromatic rings. The molecule has 1 fully saturated rings. The van der Waals surface area contributed by atoms with Crippen molar-refractivity contribution in [3.8, 4) is 5.75 Å². The third kappa shape index (κ3) is 4.28. The Morgan fingerprint density at radius 2 is 1.91 bits per heavy atom. The lowest BCUT2D eigenvalue weighted by Crippen LogP contribution is -2.57. The molecule has 1 aliphatic heterocycles. The van der Waals surface area contributed by atoms with Gasteiger partial charge in [0.05, 0.1) is 25.8 Å². The summed E-state index contributed by atoms with van der Waals surface area (Å²) in [6.07, 6.45) is -0.499. The normalized spacial score (nSPS) is 14.9. The fourth-order valence-electron chi connectivity index (χ4n) is 2.08. The highest BCUT2D eigenvalue weighted by atomic mass is 16.6. The number of anilines is 1. The van der Waals surface area contributed by atoms with Gasteiger partial charge in [-0.1, -0.05) is 0 Å². The number of hydrogen-bond acceptors (Lipinski definition) is 6. The highest BCUT2D eigenvalue weighted by Crippen LogP contribution is 2.24. The minimum atomic E-state index is -0.518. The van der Waals surface area contributed by atoms with Gasteiger partial charge in [-0.2, -0.15) is 0 Å². The summed E-state index contributed by atoms with van der Waals surface area (Å²) in [5, 5.41) is 0. The smallest absolute Gasteiger partial charge is 0.410 e. The van der Waals surface area contributed by atoms with Gasteiger partial charge in [0.15, 0.2) is 0 Å². The molecule has 2 N–H and O–H groups in total. The molecule has 0 aliphatic carbocycles.